The number of hydrogen-bond acceptors (Lipinski definition) is 8. The molecule has 1 atom stereocenters. The molecule has 0 saturated heterocycles. The van der Waals surface area contributed by atoms with Gasteiger partial charge in [0.15, 0.2) is 0 Å². The molecule has 0 bridgehead atoms. The van der Waals surface area contributed by atoms with Crippen LogP contribution in [0.25, 0.3) is 0 Å². The third-order valence-electron chi connectivity index (χ3n) is 4.11. The quantitative estimate of drug-likeness (QED) is 0.351. The van der Waals surface area contributed by atoms with Crippen LogP contribution in [0.15, 0.2) is 48.5 Å². The Bertz CT molecular complexity index is 810. The summed E-state index contributed by atoms with van der Waals surface area (Å²) in [5.41, 5.74) is 1.34. The minimum Gasteiger partial charge on any atom is -0.508 e. The predicted molar refractivity (Wildman–Crippen MR) is 106 cm³/mol. The standard InChI is InChI=1S/C21H26N2O6/c1-14(24)28-21(29-15(2)25)18(23-12-17-8-4-6-10-20(17)27)13-22-11-16-7-3-5-9-19(16)26/h3-10,18,21-23,26-27H,11-13H2,1-2H3. The molecule has 156 valence electrons. The number of phenols is 2. The highest BCUT2D eigenvalue weighted by atomic mass is 16.7. The summed E-state index contributed by atoms with van der Waals surface area (Å²) >= 11 is 0. The summed E-state index contributed by atoms with van der Waals surface area (Å²) in [5, 5.41) is 26.1. The topological polar surface area (TPSA) is 117 Å². The molecule has 1 unspecified atom stereocenters. The molecule has 2 aromatic carbocycles. The molecule has 0 saturated carbocycles. The van der Waals surface area contributed by atoms with Crippen LogP contribution in [0.5, 0.6) is 11.5 Å². The van der Waals surface area contributed by atoms with E-state index >= 15 is 0 Å². The Morgan fingerprint density at radius 3 is 1.83 bits per heavy atom. The summed E-state index contributed by atoms with van der Waals surface area (Å²) in [7, 11) is 0. The molecule has 4 N–H and O–H groups in total. The van der Waals surface area contributed by atoms with Crippen molar-refractivity contribution in [2.75, 3.05) is 6.54 Å². The summed E-state index contributed by atoms with van der Waals surface area (Å²) in [6.07, 6.45) is -1.16. The fourth-order valence-electron chi connectivity index (χ4n) is 2.70. The zero-order valence-corrected chi connectivity index (χ0v) is 16.4. The summed E-state index contributed by atoms with van der Waals surface area (Å²) in [5.74, 6) is -0.898. The van der Waals surface area contributed by atoms with Gasteiger partial charge in [0.25, 0.3) is 6.29 Å². The first-order chi connectivity index (χ1) is 13.9. The molecule has 0 aliphatic heterocycles. The SMILES string of the molecule is CC(=O)OC(OC(C)=O)C(CNCc1ccccc1O)NCc1ccccc1O. The van der Waals surface area contributed by atoms with E-state index in [2.05, 4.69) is 10.6 Å². The molecule has 0 fully saturated rings. The van der Waals surface area contributed by atoms with Crippen LogP contribution >= 0.6 is 0 Å². The lowest BCUT2D eigenvalue weighted by molar-refractivity contribution is -0.190. The van der Waals surface area contributed by atoms with Gasteiger partial charge in [0, 0.05) is 44.6 Å². The van der Waals surface area contributed by atoms with E-state index in [-0.39, 0.29) is 24.6 Å². The molecule has 8 heteroatoms. The first kappa shape index (κ1) is 22.2. The van der Waals surface area contributed by atoms with E-state index in [4.69, 9.17) is 9.47 Å². The second-order valence-electron chi connectivity index (χ2n) is 6.46. The van der Waals surface area contributed by atoms with Gasteiger partial charge in [0.2, 0.25) is 0 Å². The third-order valence-corrected chi connectivity index (χ3v) is 4.11. The molecule has 2 rings (SSSR count). The van der Waals surface area contributed by atoms with Crippen LogP contribution in [0.1, 0.15) is 25.0 Å². The van der Waals surface area contributed by atoms with Crippen LogP contribution in [-0.2, 0) is 32.2 Å². The lowest BCUT2D eigenvalue weighted by Gasteiger charge is -2.27. The normalized spacial score (nSPS) is 11.8. The molecule has 0 radical (unpaired) electrons. The molecule has 0 aliphatic rings. The molecule has 0 amide bonds. The second kappa shape index (κ2) is 11.0. The third kappa shape index (κ3) is 7.44. The Balaban J connectivity index is 2.09. The minimum absolute atomic E-state index is 0.123. The van der Waals surface area contributed by atoms with Crippen LogP contribution in [0.4, 0.5) is 0 Å². The largest absolute Gasteiger partial charge is 0.508 e. The van der Waals surface area contributed by atoms with Crippen molar-refractivity contribution in [1.82, 2.24) is 10.6 Å². The second-order valence-corrected chi connectivity index (χ2v) is 6.46. The number of rotatable bonds is 10. The Kier molecular flexibility index (Phi) is 8.45. The highest BCUT2D eigenvalue weighted by Gasteiger charge is 2.27. The van der Waals surface area contributed by atoms with Gasteiger partial charge in [-0.25, -0.2) is 0 Å². The number of benzene rings is 2. The smallest absolute Gasteiger partial charge is 0.305 e. The maximum Gasteiger partial charge on any atom is 0.305 e. The van der Waals surface area contributed by atoms with E-state index in [0.717, 1.165) is 0 Å². The molecule has 0 aliphatic carbocycles. The van der Waals surface area contributed by atoms with Gasteiger partial charge in [0.05, 0.1) is 6.04 Å². The number of hydrogen-bond donors (Lipinski definition) is 4. The number of aromatic hydroxyl groups is 2. The van der Waals surface area contributed by atoms with E-state index in [1.165, 1.54) is 13.8 Å². The van der Waals surface area contributed by atoms with Gasteiger partial charge in [-0.2, -0.15) is 0 Å². The van der Waals surface area contributed by atoms with Gasteiger partial charge in [-0.15, -0.1) is 0 Å². The van der Waals surface area contributed by atoms with Gasteiger partial charge in [0.1, 0.15) is 11.5 Å². The van der Waals surface area contributed by atoms with Crippen molar-refractivity contribution in [3.63, 3.8) is 0 Å². The monoisotopic (exact) mass is 402 g/mol. The number of phenolic OH excluding ortho intramolecular Hbond substituents is 2. The van der Waals surface area contributed by atoms with Crippen molar-refractivity contribution >= 4 is 11.9 Å². The van der Waals surface area contributed by atoms with Crippen molar-refractivity contribution in [2.24, 2.45) is 0 Å². The fourth-order valence-corrected chi connectivity index (χ4v) is 2.70. The first-order valence-corrected chi connectivity index (χ1v) is 9.19. The van der Waals surface area contributed by atoms with Crippen molar-refractivity contribution in [2.45, 2.75) is 39.3 Å². The highest BCUT2D eigenvalue weighted by molar-refractivity contribution is 5.68. The molecule has 0 aromatic heterocycles. The summed E-state index contributed by atoms with van der Waals surface area (Å²) in [4.78, 5) is 22.9. The molecular weight excluding hydrogens is 376 g/mol. The molecule has 0 heterocycles. The maximum absolute atomic E-state index is 11.5. The maximum atomic E-state index is 11.5. The zero-order chi connectivity index (χ0) is 21.2. The number of carbonyl (C=O) groups is 2. The van der Waals surface area contributed by atoms with Gasteiger partial charge in [-0.3, -0.25) is 9.59 Å². The van der Waals surface area contributed by atoms with Crippen molar-refractivity contribution < 1.29 is 29.3 Å². The average molecular weight is 402 g/mol. The Hall–Kier alpha value is -3.10. The van der Waals surface area contributed by atoms with Gasteiger partial charge in [-0.05, 0) is 12.1 Å². The van der Waals surface area contributed by atoms with E-state index in [1.54, 1.807) is 42.5 Å². The number of nitrogens with one attached hydrogen (secondary N) is 2. The zero-order valence-electron chi connectivity index (χ0n) is 16.4. The molecule has 8 nitrogen and oxygen atoms in total. The number of ether oxygens (including phenoxy) is 2. The lowest BCUT2D eigenvalue weighted by atomic mass is 10.1. The first-order valence-electron chi connectivity index (χ1n) is 9.19. The predicted octanol–water partition coefficient (Wildman–Crippen LogP) is 1.80. The molecular formula is C21H26N2O6. The van der Waals surface area contributed by atoms with Crippen LogP contribution in [0.3, 0.4) is 0 Å². The van der Waals surface area contributed by atoms with Gasteiger partial charge >= 0.3 is 11.9 Å². The number of carbonyl (C=O) groups excluding carboxylic acids is 2. The van der Waals surface area contributed by atoms with Crippen LogP contribution in [0.2, 0.25) is 0 Å². The van der Waals surface area contributed by atoms with Crippen molar-refractivity contribution in [3.05, 3.63) is 59.7 Å². The molecule has 29 heavy (non-hydrogen) atoms. The van der Waals surface area contributed by atoms with E-state index in [0.29, 0.717) is 17.7 Å². The Labute approximate surface area is 169 Å². The van der Waals surface area contributed by atoms with Gasteiger partial charge in [-0.1, -0.05) is 36.4 Å². The average Bonchev–Trinajstić information content (AvgIpc) is 2.66. The Morgan fingerprint density at radius 1 is 0.862 bits per heavy atom. The fraction of sp³-hybridized carbons (Fsp3) is 0.333. The van der Waals surface area contributed by atoms with Crippen molar-refractivity contribution in [1.29, 1.82) is 0 Å². The highest BCUT2D eigenvalue weighted by Crippen LogP contribution is 2.17. The number of esters is 2. The molecule has 2 aromatic rings. The number of para-hydroxylation sites is 2. The van der Waals surface area contributed by atoms with E-state index in [9.17, 15) is 19.8 Å². The summed E-state index contributed by atoms with van der Waals surface area (Å²) in [6.45, 7) is 3.33. The summed E-state index contributed by atoms with van der Waals surface area (Å²) in [6, 6.07) is 13.1. The minimum atomic E-state index is -1.16. The summed E-state index contributed by atoms with van der Waals surface area (Å²) < 4.78 is 10.3. The van der Waals surface area contributed by atoms with E-state index in [1.807, 2.05) is 6.07 Å². The Morgan fingerprint density at radius 2 is 1.34 bits per heavy atom. The van der Waals surface area contributed by atoms with E-state index < -0.39 is 24.3 Å². The molecule has 0 spiro atoms. The van der Waals surface area contributed by atoms with Crippen molar-refractivity contribution in [3.8, 4) is 11.5 Å². The van der Waals surface area contributed by atoms with Crippen LogP contribution in [-0.4, -0.2) is 41.0 Å². The van der Waals surface area contributed by atoms with Crippen LogP contribution in [0, 0.1) is 0 Å². The van der Waals surface area contributed by atoms with Crippen LogP contribution < -0.4 is 10.6 Å². The van der Waals surface area contributed by atoms with Gasteiger partial charge < -0.3 is 30.3 Å². The lowest BCUT2D eigenvalue weighted by Crippen LogP contribution is -2.49.